The van der Waals surface area contributed by atoms with Gasteiger partial charge in [0.05, 0.1) is 11.3 Å². The zero-order valence-electron chi connectivity index (χ0n) is 12.0. The molecule has 1 aliphatic rings. The number of aromatic nitrogens is 1. The van der Waals surface area contributed by atoms with Crippen LogP contribution in [-0.4, -0.2) is 47.1 Å². The van der Waals surface area contributed by atoms with Gasteiger partial charge in [-0.05, 0) is 24.3 Å². The van der Waals surface area contributed by atoms with Crippen LogP contribution in [0.25, 0.3) is 0 Å². The third-order valence-electron chi connectivity index (χ3n) is 3.84. The van der Waals surface area contributed by atoms with Crippen molar-refractivity contribution in [2.75, 3.05) is 31.1 Å². The van der Waals surface area contributed by atoms with Crippen LogP contribution in [0.5, 0.6) is 5.75 Å². The monoisotopic (exact) mass is 315 g/mol. The van der Waals surface area contributed by atoms with Gasteiger partial charge in [0.25, 0.3) is 5.91 Å². The molecular weight excluding hydrogens is 298 g/mol. The lowest BCUT2D eigenvalue weighted by Gasteiger charge is -2.36. The highest BCUT2D eigenvalue weighted by molar-refractivity contribution is 7.71. The molecule has 1 aliphatic heterocycles. The van der Waals surface area contributed by atoms with Gasteiger partial charge in [-0.1, -0.05) is 24.4 Å². The number of anilines is 1. The molecule has 1 amide bonds. The number of benzene rings is 1. The number of pyridine rings is 1. The van der Waals surface area contributed by atoms with Crippen molar-refractivity contribution in [3.05, 3.63) is 52.8 Å². The number of phenols is 1. The second-order valence-corrected chi connectivity index (χ2v) is 5.59. The number of piperazine rings is 1. The molecule has 0 unspecified atom stereocenters. The summed E-state index contributed by atoms with van der Waals surface area (Å²) in [6, 6.07) is 10.8. The lowest BCUT2D eigenvalue weighted by molar-refractivity contribution is 0.0745. The summed E-state index contributed by atoms with van der Waals surface area (Å²) in [5.74, 6) is 0.228. The molecule has 3 rings (SSSR count). The van der Waals surface area contributed by atoms with Crippen LogP contribution in [0.4, 0.5) is 5.69 Å². The van der Waals surface area contributed by atoms with E-state index in [9.17, 15) is 9.90 Å². The highest BCUT2D eigenvalue weighted by Gasteiger charge is 2.23. The summed E-state index contributed by atoms with van der Waals surface area (Å²) < 4.78 is 0.468. The Morgan fingerprint density at radius 2 is 1.82 bits per heavy atom. The maximum atomic E-state index is 12.5. The number of aromatic hydroxyl groups is 1. The smallest absolute Gasteiger partial charge is 0.256 e. The van der Waals surface area contributed by atoms with Crippen molar-refractivity contribution in [1.29, 1.82) is 0 Å². The SMILES string of the molecule is O=C(c1ccc[nH]c1=S)N1CCN(c2ccccc2O)CC1. The number of hydrogen-bond donors (Lipinski definition) is 2. The fourth-order valence-electron chi connectivity index (χ4n) is 2.64. The van der Waals surface area contributed by atoms with Gasteiger partial charge in [0, 0.05) is 32.4 Å². The number of nitrogens with zero attached hydrogens (tertiary/aromatic N) is 2. The van der Waals surface area contributed by atoms with Crippen molar-refractivity contribution < 1.29 is 9.90 Å². The summed E-state index contributed by atoms with van der Waals surface area (Å²) in [6.07, 6.45) is 1.72. The number of para-hydroxylation sites is 2. The fraction of sp³-hybridized carbons (Fsp3) is 0.250. The number of hydrogen-bond acceptors (Lipinski definition) is 4. The number of nitrogens with one attached hydrogen (secondary N) is 1. The molecule has 0 atom stereocenters. The first-order chi connectivity index (χ1) is 10.7. The molecule has 6 heteroatoms. The quantitative estimate of drug-likeness (QED) is 0.836. The molecule has 0 saturated carbocycles. The molecule has 1 aromatic carbocycles. The average molecular weight is 315 g/mol. The van der Waals surface area contributed by atoms with Crippen LogP contribution >= 0.6 is 12.2 Å². The van der Waals surface area contributed by atoms with Crippen LogP contribution < -0.4 is 4.90 Å². The molecule has 1 saturated heterocycles. The van der Waals surface area contributed by atoms with Gasteiger partial charge in [-0.15, -0.1) is 0 Å². The van der Waals surface area contributed by atoms with Crippen molar-refractivity contribution in [2.24, 2.45) is 0 Å². The number of aromatic amines is 1. The Kier molecular flexibility index (Phi) is 4.11. The molecule has 2 heterocycles. The lowest BCUT2D eigenvalue weighted by atomic mass is 10.2. The summed E-state index contributed by atoms with van der Waals surface area (Å²) in [7, 11) is 0. The Morgan fingerprint density at radius 3 is 2.50 bits per heavy atom. The molecule has 1 aromatic heterocycles. The Balaban J connectivity index is 1.70. The van der Waals surface area contributed by atoms with Crippen molar-refractivity contribution >= 4 is 23.8 Å². The third-order valence-corrected chi connectivity index (χ3v) is 4.18. The molecule has 0 bridgehead atoms. The number of amides is 1. The summed E-state index contributed by atoms with van der Waals surface area (Å²) in [6.45, 7) is 2.59. The normalized spacial score (nSPS) is 14.9. The number of H-pyrrole nitrogens is 1. The van der Waals surface area contributed by atoms with Gasteiger partial charge in [-0.2, -0.15) is 0 Å². The van der Waals surface area contributed by atoms with E-state index in [0.29, 0.717) is 36.4 Å². The maximum Gasteiger partial charge on any atom is 0.256 e. The van der Waals surface area contributed by atoms with Gasteiger partial charge in [0.15, 0.2) is 0 Å². The van der Waals surface area contributed by atoms with Crippen LogP contribution in [0.1, 0.15) is 10.4 Å². The first-order valence-corrected chi connectivity index (χ1v) is 7.57. The van der Waals surface area contributed by atoms with E-state index in [0.717, 1.165) is 5.69 Å². The standard InChI is InChI=1S/C16H17N3O2S/c20-14-6-2-1-5-13(14)18-8-10-19(11-9-18)16(21)12-4-3-7-17-15(12)22/h1-7,20H,8-11H2,(H,17,22). The van der Waals surface area contributed by atoms with E-state index in [1.807, 2.05) is 12.1 Å². The van der Waals surface area contributed by atoms with Gasteiger partial charge in [-0.25, -0.2) is 0 Å². The topological polar surface area (TPSA) is 59.6 Å². The van der Waals surface area contributed by atoms with E-state index in [2.05, 4.69) is 9.88 Å². The van der Waals surface area contributed by atoms with Crippen LogP contribution in [0.3, 0.4) is 0 Å². The van der Waals surface area contributed by atoms with Crippen LogP contribution in [-0.2, 0) is 0 Å². The molecular formula is C16H17N3O2S. The molecule has 22 heavy (non-hydrogen) atoms. The number of carbonyl (C=O) groups is 1. The highest BCUT2D eigenvalue weighted by atomic mass is 32.1. The summed E-state index contributed by atoms with van der Waals surface area (Å²) in [5.41, 5.74) is 1.35. The Morgan fingerprint density at radius 1 is 1.09 bits per heavy atom. The van der Waals surface area contributed by atoms with Crippen molar-refractivity contribution in [2.45, 2.75) is 0 Å². The van der Waals surface area contributed by atoms with Crippen LogP contribution in [0.2, 0.25) is 0 Å². The first kappa shape index (κ1) is 14.6. The van der Waals surface area contributed by atoms with Gasteiger partial charge in [0.1, 0.15) is 10.4 Å². The molecule has 2 N–H and O–H groups in total. The third kappa shape index (κ3) is 2.82. The molecule has 1 fully saturated rings. The summed E-state index contributed by atoms with van der Waals surface area (Å²) in [4.78, 5) is 19.3. The van der Waals surface area contributed by atoms with Crippen molar-refractivity contribution in [3.63, 3.8) is 0 Å². The number of carbonyl (C=O) groups excluding carboxylic acids is 1. The minimum Gasteiger partial charge on any atom is -0.506 e. The molecule has 5 nitrogen and oxygen atoms in total. The highest BCUT2D eigenvalue weighted by Crippen LogP contribution is 2.27. The van der Waals surface area contributed by atoms with Crippen molar-refractivity contribution in [3.8, 4) is 5.75 Å². The van der Waals surface area contributed by atoms with E-state index < -0.39 is 0 Å². The molecule has 0 spiro atoms. The zero-order chi connectivity index (χ0) is 15.5. The van der Waals surface area contributed by atoms with Gasteiger partial charge in [-0.3, -0.25) is 4.79 Å². The Hall–Kier alpha value is -2.34. The predicted octanol–water partition coefficient (Wildman–Crippen LogP) is 2.41. The molecule has 0 radical (unpaired) electrons. The first-order valence-electron chi connectivity index (χ1n) is 7.17. The number of rotatable bonds is 2. The molecule has 114 valence electrons. The Bertz CT molecular complexity index is 736. The molecule has 2 aromatic rings. The van der Waals surface area contributed by atoms with E-state index in [4.69, 9.17) is 12.2 Å². The fourth-order valence-corrected chi connectivity index (χ4v) is 2.87. The average Bonchev–Trinajstić information content (AvgIpc) is 2.55. The summed E-state index contributed by atoms with van der Waals surface area (Å²) >= 11 is 5.17. The van der Waals surface area contributed by atoms with Crippen LogP contribution in [0.15, 0.2) is 42.6 Å². The van der Waals surface area contributed by atoms with Gasteiger partial charge < -0.3 is 19.9 Å². The van der Waals surface area contributed by atoms with Crippen LogP contribution in [0, 0.1) is 4.64 Å². The number of phenolic OH excluding ortho intramolecular Hbond substituents is 1. The minimum atomic E-state index is -0.0428. The summed E-state index contributed by atoms with van der Waals surface area (Å²) in [5, 5.41) is 9.91. The van der Waals surface area contributed by atoms with Crippen molar-refractivity contribution in [1.82, 2.24) is 9.88 Å². The second-order valence-electron chi connectivity index (χ2n) is 5.18. The molecule has 0 aliphatic carbocycles. The van der Waals surface area contributed by atoms with E-state index in [-0.39, 0.29) is 11.7 Å². The van der Waals surface area contributed by atoms with Gasteiger partial charge in [0.2, 0.25) is 0 Å². The maximum absolute atomic E-state index is 12.5. The second kappa shape index (κ2) is 6.19. The Labute approximate surface area is 133 Å². The van der Waals surface area contributed by atoms with Gasteiger partial charge >= 0.3 is 0 Å². The predicted molar refractivity (Wildman–Crippen MR) is 87.9 cm³/mol. The van der Waals surface area contributed by atoms with E-state index >= 15 is 0 Å². The van der Waals surface area contributed by atoms with E-state index in [1.165, 1.54) is 0 Å². The zero-order valence-corrected chi connectivity index (χ0v) is 12.8. The van der Waals surface area contributed by atoms with E-state index in [1.54, 1.807) is 35.4 Å². The largest absolute Gasteiger partial charge is 0.506 e. The lowest BCUT2D eigenvalue weighted by Crippen LogP contribution is -2.48. The minimum absolute atomic E-state index is 0.0428.